The van der Waals surface area contributed by atoms with E-state index in [0.29, 0.717) is 18.2 Å². The number of morpholine rings is 1. The van der Waals surface area contributed by atoms with Crippen molar-refractivity contribution in [2.24, 2.45) is 0 Å². The van der Waals surface area contributed by atoms with Crippen LogP contribution < -0.4 is 0 Å². The van der Waals surface area contributed by atoms with Crippen molar-refractivity contribution in [1.82, 2.24) is 4.90 Å². The number of rotatable bonds is 2. The van der Waals surface area contributed by atoms with Crippen LogP contribution in [0.15, 0.2) is 0 Å². The molecule has 1 heterocycles. The van der Waals surface area contributed by atoms with Crippen molar-refractivity contribution in [3.63, 3.8) is 0 Å². The molecule has 0 aromatic heterocycles. The fourth-order valence-electron chi connectivity index (χ4n) is 2.05. The molecule has 2 atom stereocenters. The zero-order valence-corrected chi connectivity index (χ0v) is 8.71. The van der Waals surface area contributed by atoms with Gasteiger partial charge < -0.3 is 4.74 Å². The Morgan fingerprint density at radius 2 is 2.17 bits per heavy atom. The zero-order valence-electron chi connectivity index (χ0n) is 8.71. The van der Waals surface area contributed by atoms with E-state index in [1.54, 1.807) is 0 Å². The minimum atomic E-state index is 0.446. The van der Waals surface area contributed by atoms with Gasteiger partial charge in [-0.25, -0.2) is 0 Å². The monoisotopic (exact) mass is 171 g/mol. The first-order valence-corrected chi connectivity index (χ1v) is 5.04. The highest BCUT2D eigenvalue weighted by Gasteiger charge is 2.28. The van der Waals surface area contributed by atoms with E-state index in [1.165, 1.54) is 0 Å². The van der Waals surface area contributed by atoms with E-state index in [4.69, 9.17) is 4.74 Å². The van der Waals surface area contributed by atoms with Crippen LogP contribution in [0, 0.1) is 0 Å². The van der Waals surface area contributed by atoms with Gasteiger partial charge in [-0.15, -0.1) is 0 Å². The Morgan fingerprint density at radius 1 is 1.50 bits per heavy atom. The van der Waals surface area contributed by atoms with E-state index in [0.717, 1.165) is 19.6 Å². The van der Waals surface area contributed by atoms with Crippen LogP contribution in [-0.4, -0.2) is 36.2 Å². The largest absolute Gasteiger partial charge is 0.375 e. The first-order chi connectivity index (χ1) is 5.66. The van der Waals surface area contributed by atoms with Crippen LogP contribution >= 0.6 is 0 Å². The van der Waals surface area contributed by atoms with Crippen LogP contribution in [0.4, 0.5) is 0 Å². The topological polar surface area (TPSA) is 12.5 Å². The van der Waals surface area contributed by atoms with Gasteiger partial charge in [-0.1, -0.05) is 6.92 Å². The molecule has 2 nitrogen and oxygen atoms in total. The minimum absolute atomic E-state index is 0.446. The molecule has 2 unspecified atom stereocenters. The molecule has 0 N–H and O–H groups in total. The predicted molar refractivity (Wildman–Crippen MR) is 51.3 cm³/mol. The third-order valence-electron chi connectivity index (χ3n) is 2.81. The lowest BCUT2D eigenvalue weighted by molar-refractivity contribution is -0.0764. The number of nitrogens with zero attached hydrogens (tertiary/aromatic N) is 1. The van der Waals surface area contributed by atoms with Crippen molar-refractivity contribution < 1.29 is 4.74 Å². The highest BCUT2D eigenvalue weighted by atomic mass is 16.5. The van der Waals surface area contributed by atoms with Gasteiger partial charge >= 0.3 is 0 Å². The predicted octanol–water partition coefficient (Wildman–Crippen LogP) is 1.89. The Morgan fingerprint density at radius 3 is 2.67 bits per heavy atom. The molecule has 0 aromatic carbocycles. The standard InChI is InChI=1S/C10H21NO/c1-5-10-9(4)11(8(2)3)6-7-12-10/h8-10H,5-7H2,1-4H3. The van der Waals surface area contributed by atoms with Crippen LogP contribution in [0.2, 0.25) is 0 Å². The lowest BCUT2D eigenvalue weighted by atomic mass is 10.1. The van der Waals surface area contributed by atoms with Gasteiger partial charge in [0, 0.05) is 18.6 Å². The molecule has 1 aliphatic heterocycles. The van der Waals surface area contributed by atoms with Crippen molar-refractivity contribution in [2.45, 2.75) is 52.3 Å². The summed E-state index contributed by atoms with van der Waals surface area (Å²) in [6, 6.07) is 1.24. The van der Waals surface area contributed by atoms with Gasteiger partial charge in [0.05, 0.1) is 12.7 Å². The van der Waals surface area contributed by atoms with Crippen molar-refractivity contribution in [1.29, 1.82) is 0 Å². The molecular formula is C10H21NO. The van der Waals surface area contributed by atoms with E-state index in [9.17, 15) is 0 Å². The quantitative estimate of drug-likeness (QED) is 0.629. The van der Waals surface area contributed by atoms with Gasteiger partial charge in [-0.3, -0.25) is 4.90 Å². The summed E-state index contributed by atoms with van der Waals surface area (Å²) in [7, 11) is 0. The molecule has 2 heteroatoms. The van der Waals surface area contributed by atoms with Gasteiger partial charge in [0.25, 0.3) is 0 Å². The molecule has 0 amide bonds. The number of hydrogen-bond acceptors (Lipinski definition) is 2. The van der Waals surface area contributed by atoms with E-state index >= 15 is 0 Å². The maximum absolute atomic E-state index is 5.68. The minimum Gasteiger partial charge on any atom is -0.375 e. The van der Waals surface area contributed by atoms with E-state index in [1.807, 2.05) is 0 Å². The Labute approximate surface area is 75.9 Å². The summed E-state index contributed by atoms with van der Waals surface area (Å²) in [5.41, 5.74) is 0. The van der Waals surface area contributed by atoms with Crippen molar-refractivity contribution >= 4 is 0 Å². The molecule has 0 aromatic rings. The molecule has 0 saturated carbocycles. The molecule has 1 fully saturated rings. The Bertz CT molecular complexity index is 136. The summed E-state index contributed by atoms with van der Waals surface area (Å²) in [6.07, 6.45) is 1.57. The van der Waals surface area contributed by atoms with Crippen LogP contribution in [-0.2, 0) is 4.74 Å². The van der Waals surface area contributed by atoms with E-state index < -0.39 is 0 Å². The van der Waals surface area contributed by atoms with Gasteiger partial charge in [0.15, 0.2) is 0 Å². The van der Waals surface area contributed by atoms with Crippen molar-refractivity contribution in [2.75, 3.05) is 13.2 Å². The molecule has 0 radical (unpaired) electrons. The Balaban J connectivity index is 2.53. The molecule has 0 bridgehead atoms. The lowest BCUT2D eigenvalue weighted by Gasteiger charge is -2.41. The first-order valence-electron chi connectivity index (χ1n) is 5.04. The second-order valence-corrected chi connectivity index (χ2v) is 3.89. The molecular weight excluding hydrogens is 150 g/mol. The average molecular weight is 171 g/mol. The SMILES string of the molecule is CCC1OCCN(C(C)C)C1C. The third-order valence-corrected chi connectivity index (χ3v) is 2.81. The van der Waals surface area contributed by atoms with Crippen LogP contribution in [0.25, 0.3) is 0 Å². The van der Waals surface area contributed by atoms with Gasteiger partial charge in [0.1, 0.15) is 0 Å². The first kappa shape index (κ1) is 10.0. The Hall–Kier alpha value is -0.0800. The summed E-state index contributed by atoms with van der Waals surface area (Å²) in [6.45, 7) is 11.0. The maximum Gasteiger partial charge on any atom is 0.0725 e. The molecule has 1 saturated heterocycles. The summed E-state index contributed by atoms with van der Waals surface area (Å²) in [5, 5.41) is 0. The number of ether oxygens (including phenoxy) is 1. The molecule has 72 valence electrons. The normalized spacial score (nSPS) is 32.8. The van der Waals surface area contributed by atoms with Gasteiger partial charge in [-0.2, -0.15) is 0 Å². The third kappa shape index (κ3) is 1.99. The van der Waals surface area contributed by atoms with Crippen molar-refractivity contribution in [3.8, 4) is 0 Å². The summed E-state index contributed by atoms with van der Waals surface area (Å²) in [5.74, 6) is 0. The summed E-state index contributed by atoms with van der Waals surface area (Å²) >= 11 is 0. The molecule has 1 rings (SSSR count). The summed E-state index contributed by atoms with van der Waals surface area (Å²) < 4.78 is 5.68. The van der Waals surface area contributed by atoms with Crippen molar-refractivity contribution in [3.05, 3.63) is 0 Å². The molecule has 1 aliphatic rings. The summed E-state index contributed by atoms with van der Waals surface area (Å²) in [4.78, 5) is 2.53. The lowest BCUT2D eigenvalue weighted by Crippen LogP contribution is -2.52. The highest BCUT2D eigenvalue weighted by Crippen LogP contribution is 2.18. The molecule has 0 spiro atoms. The van der Waals surface area contributed by atoms with Crippen LogP contribution in [0.3, 0.4) is 0 Å². The second-order valence-electron chi connectivity index (χ2n) is 3.89. The van der Waals surface area contributed by atoms with E-state index in [2.05, 4.69) is 32.6 Å². The Kier molecular flexibility index (Phi) is 3.53. The fourth-order valence-corrected chi connectivity index (χ4v) is 2.05. The van der Waals surface area contributed by atoms with Crippen LogP contribution in [0.1, 0.15) is 34.1 Å². The second kappa shape index (κ2) is 4.24. The molecule has 12 heavy (non-hydrogen) atoms. The smallest absolute Gasteiger partial charge is 0.0725 e. The maximum atomic E-state index is 5.68. The fraction of sp³-hybridized carbons (Fsp3) is 1.00. The highest BCUT2D eigenvalue weighted by molar-refractivity contribution is 4.81. The zero-order chi connectivity index (χ0) is 9.14. The van der Waals surface area contributed by atoms with Gasteiger partial charge in [-0.05, 0) is 27.2 Å². The van der Waals surface area contributed by atoms with E-state index in [-0.39, 0.29) is 0 Å². The molecule has 0 aliphatic carbocycles. The van der Waals surface area contributed by atoms with Gasteiger partial charge in [0.2, 0.25) is 0 Å². The van der Waals surface area contributed by atoms with Crippen LogP contribution in [0.5, 0.6) is 0 Å². The number of hydrogen-bond donors (Lipinski definition) is 0. The average Bonchev–Trinajstić information content (AvgIpc) is 2.04.